The second-order valence-electron chi connectivity index (χ2n) is 37.5. The third-order valence-electron chi connectivity index (χ3n) is 26.9. The molecular formula is C131H116N6O2. The van der Waals surface area contributed by atoms with Gasteiger partial charge in [-0.05, 0) is 312 Å². The molecule has 1 aliphatic carbocycles. The highest BCUT2D eigenvalue weighted by Gasteiger charge is 2.37. The smallest absolute Gasteiger partial charge is 0.159 e. The molecule has 24 aromatic rings. The van der Waals surface area contributed by atoms with Crippen molar-refractivity contribution in [2.45, 2.75) is 109 Å². The van der Waals surface area contributed by atoms with Gasteiger partial charge in [-0.1, -0.05) is 318 Å². The van der Waals surface area contributed by atoms with Crippen LogP contribution in [0.2, 0.25) is 0 Å². The van der Waals surface area contributed by atoms with Crippen molar-refractivity contribution in [2.24, 2.45) is 7.05 Å². The predicted molar refractivity (Wildman–Crippen MR) is 595 cm³/mol. The predicted octanol–water partition coefficient (Wildman–Crippen LogP) is 35.4. The van der Waals surface area contributed by atoms with Crippen LogP contribution in [0.1, 0.15) is 89.6 Å². The maximum Gasteiger partial charge on any atom is 0.159 e. The number of para-hydroxylation sites is 4. The van der Waals surface area contributed by atoms with Crippen molar-refractivity contribution in [1.29, 1.82) is 0 Å². The molecule has 0 amide bonds. The Morgan fingerprint density at radius 1 is 0.281 bits per heavy atom. The summed E-state index contributed by atoms with van der Waals surface area (Å²) in [5.74, 6) is 1.27. The molecule has 139 heavy (non-hydrogen) atoms. The molecule has 8 heteroatoms. The van der Waals surface area contributed by atoms with E-state index in [4.69, 9.17) is 14.6 Å². The van der Waals surface area contributed by atoms with Gasteiger partial charge in [0.05, 0.1) is 17.1 Å². The first-order valence-corrected chi connectivity index (χ1v) is 48.1. The molecule has 2 N–H and O–H groups in total. The van der Waals surface area contributed by atoms with Gasteiger partial charge in [-0.3, -0.25) is 0 Å². The Bertz CT molecular complexity index is 8480. The molecular weight excluding hydrogens is 1690 g/mol. The normalized spacial score (nSPS) is 12.8. The van der Waals surface area contributed by atoms with Crippen LogP contribution in [-0.4, -0.2) is 25.1 Å². The number of nitrogens with zero attached hydrogens (tertiary/aromatic N) is 5. The Balaban J connectivity index is 0.000000102. The molecule has 1 aliphatic heterocycles. The van der Waals surface area contributed by atoms with Gasteiger partial charge in [-0.2, -0.15) is 0 Å². The summed E-state index contributed by atoms with van der Waals surface area (Å²) in [6.07, 6.45) is 8.99. The first kappa shape index (κ1) is 91.7. The average Bonchev–Trinajstić information content (AvgIpc) is 1.65. The van der Waals surface area contributed by atoms with Crippen LogP contribution in [0.4, 0.5) is 17.1 Å². The van der Waals surface area contributed by atoms with Gasteiger partial charge in [0, 0.05) is 107 Å². The average molecular weight is 1810 g/mol. The Labute approximate surface area is 815 Å². The molecule has 8 nitrogen and oxygen atoms in total. The molecule has 19 aromatic carbocycles. The van der Waals surface area contributed by atoms with Crippen molar-refractivity contribution in [1.82, 2.24) is 19.1 Å². The van der Waals surface area contributed by atoms with E-state index in [9.17, 15) is 0 Å². The highest BCUT2D eigenvalue weighted by atomic mass is 16.3. The van der Waals surface area contributed by atoms with Crippen LogP contribution in [0.25, 0.3) is 159 Å². The molecule has 5 aromatic heterocycles. The van der Waals surface area contributed by atoms with Crippen molar-refractivity contribution in [3.05, 3.63) is 490 Å². The summed E-state index contributed by atoms with van der Waals surface area (Å²) in [4.78, 5) is 11.3. The van der Waals surface area contributed by atoms with Crippen LogP contribution >= 0.6 is 0 Å². The second kappa shape index (κ2) is 39.9. The Kier molecular flexibility index (Phi) is 26.3. The molecule has 0 saturated carbocycles. The van der Waals surface area contributed by atoms with Gasteiger partial charge in [0.25, 0.3) is 0 Å². The van der Waals surface area contributed by atoms with E-state index in [0.29, 0.717) is 12.0 Å². The SMILES string of the molecule is Cc1c2ccccc2c(C)c2ccccc12.Cc1cc(C)cc(-c2cc3ccccc3c3ccccc23)c1.Cc1cc(C)cc(N2c3ccccc3C3C=CC=CC32)c1.Cc1cc(C)nc(-c2ccccc2)n1.Cc1ccc2c(c1)c1cc(C)ccc1n2-c1ccccc1.Cc1ccc2oc3c(C)cccc3c2c1.Cc1ccc2oc3ccc(C)cc3c2c1.Cn1c2ccccc2c2cc(N)ccc21. The lowest BCUT2D eigenvalue weighted by molar-refractivity contribution is 0.665. The summed E-state index contributed by atoms with van der Waals surface area (Å²) < 4.78 is 16.1. The second-order valence-corrected chi connectivity index (χ2v) is 37.5. The number of furan rings is 2. The molecule has 0 fully saturated rings. The van der Waals surface area contributed by atoms with Crippen LogP contribution in [0.15, 0.2) is 415 Å². The first-order valence-electron chi connectivity index (χ1n) is 48.1. The lowest BCUT2D eigenvalue weighted by Gasteiger charge is -2.29. The number of aromatic nitrogens is 4. The quantitative estimate of drug-likeness (QED) is 0.107. The number of fused-ring (bicyclic) bond motifs is 20. The molecule has 682 valence electrons. The van der Waals surface area contributed by atoms with Crippen LogP contribution in [-0.2, 0) is 7.05 Å². The van der Waals surface area contributed by atoms with E-state index in [1.807, 2.05) is 80.6 Å². The molecule has 0 radical (unpaired) electrons. The number of nitrogens with two attached hydrogens (primary N) is 1. The van der Waals surface area contributed by atoms with E-state index >= 15 is 0 Å². The van der Waals surface area contributed by atoms with Gasteiger partial charge < -0.3 is 28.6 Å². The lowest BCUT2D eigenvalue weighted by atomic mass is 9.91. The molecule has 0 spiro atoms. The number of anilines is 3. The van der Waals surface area contributed by atoms with E-state index in [1.54, 1.807) is 0 Å². The van der Waals surface area contributed by atoms with Gasteiger partial charge >= 0.3 is 0 Å². The van der Waals surface area contributed by atoms with Crippen molar-refractivity contribution in [3.63, 3.8) is 0 Å². The summed E-state index contributed by atoms with van der Waals surface area (Å²) in [7, 11) is 2.08. The van der Waals surface area contributed by atoms with E-state index in [-0.39, 0.29) is 0 Å². The molecule has 2 unspecified atom stereocenters. The third kappa shape index (κ3) is 19.2. The summed E-state index contributed by atoms with van der Waals surface area (Å²) >= 11 is 0. The van der Waals surface area contributed by atoms with E-state index in [2.05, 4.69) is 454 Å². The zero-order chi connectivity index (χ0) is 96.2. The van der Waals surface area contributed by atoms with Crippen molar-refractivity contribution < 1.29 is 8.83 Å². The van der Waals surface area contributed by atoms with Gasteiger partial charge in [0.2, 0.25) is 0 Å². The topological polar surface area (TPSA) is 91.2 Å². The molecule has 2 atom stereocenters. The molecule has 2 aliphatic rings. The maximum atomic E-state index is 5.84. The van der Waals surface area contributed by atoms with Crippen LogP contribution in [0.3, 0.4) is 0 Å². The molecule has 6 heterocycles. The summed E-state index contributed by atoms with van der Waals surface area (Å²) in [5.41, 5.74) is 42.2. The minimum atomic E-state index is 0.397. The minimum Gasteiger partial charge on any atom is -0.456 e. The van der Waals surface area contributed by atoms with E-state index in [1.165, 1.54) is 209 Å². The summed E-state index contributed by atoms with van der Waals surface area (Å²) in [6.45, 7) is 29.8. The van der Waals surface area contributed by atoms with Gasteiger partial charge in [-0.25, -0.2) is 9.97 Å². The van der Waals surface area contributed by atoms with Crippen molar-refractivity contribution >= 4 is 148 Å². The van der Waals surface area contributed by atoms with Crippen molar-refractivity contribution in [2.75, 3.05) is 10.6 Å². The van der Waals surface area contributed by atoms with Gasteiger partial charge in [0.1, 0.15) is 22.3 Å². The Morgan fingerprint density at radius 2 is 0.712 bits per heavy atom. The highest BCUT2D eigenvalue weighted by molar-refractivity contribution is 6.15. The zero-order valence-corrected chi connectivity index (χ0v) is 82.0. The van der Waals surface area contributed by atoms with Crippen LogP contribution < -0.4 is 10.6 Å². The van der Waals surface area contributed by atoms with Gasteiger partial charge in [-0.15, -0.1) is 0 Å². The Hall–Kier alpha value is -16.4. The molecule has 0 bridgehead atoms. The fourth-order valence-electron chi connectivity index (χ4n) is 20.5. The molecule has 0 saturated heterocycles. The fourth-order valence-corrected chi connectivity index (χ4v) is 20.5. The fraction of sp³-hybridized carbons (Fsp3) is 0.130. The number of aryl methyl sites for hydroxylation is 15. The van der Waals surface area contributed by atoms with Crippen LogP contribution in [0.5, 0.6) is 0 Å². The monoisotopic (exact) mass is 1800 g/mol. The van der Waals surface area contributed by atoms with Gasteiger partial charge in [0.15, 0.2) is 5.82 Å². The lowest BCUT2D eigenvalue weighted by Crippen LogP contribution is -2.28. The maximum absolute atomic E-state index is 5.84. The standard InChI is InChI=1S/C22H18.C20H19N.C20H17N.C16H14.2C14H12O.C13H12N2.C12H12N2/c1-15-11-16(2)13-18(12-15)22-14-17-7-3-4-8-19(17)20-9-5-6-10-21(20)22;1-14-11-15(2)13-16(12-14)21-19-9-5-3-7-17(19)18-8-4-6-10-20(18)21;1-14-8-10-19-17(12-14)18-13-15(2)9-11-20(18)21(19)16-6-4-3-5-7-16;1-11-13-7-3-5-9-15(13)12(2)16-10-6-4-8-14(11)16;1-9-3-5-13-11(7-9)12-8-10(2)4-6-14(12)15-13;1-9-6-7-13-12(8-9)11-5-3-4-10(2)14(11)15-13;1-15-12-5-3-2-4-10(12)11-8-9(14)6-7-13(11)15;1-9-8-10(2)14-12(13-9)11-6-4-3-5-7-11/h3-14H,1-2H3;3-13,17,19H,1-2H3;3-13H,1-2H3;3-10H,1-2H3;2*3-8H,1-2H3;2-8H,14H2,1H3;3-8H,1-2H3. The Morgan fingerprint density at radius 3 is 1.29 bits per heavy atom. The summed E-state index contributed by atoms with van der Waals surface area (Å²) in [6, 6.07) is 135. The largest absolute Gasteiger partial charge is 0.456 e. The molecule has 26 rings (SSSR count). The first-order chi connectivity index (χ1) is 67.5. The van der Waals surface area contributed by atoms with E-state index < -0.39 is 0 Å². The number of hydrogen-bond acceptors (Lipinski definition) is 6. The summed E-state index contributed by atoms with van der Waals surface area (Å²) in [5, 5.41) is 20.8. The number of nitrogen functional groups attached to an aromatic ring is 1. The number of benzene rings is 19. The number of rotatable bonds is 4. The number of hydrogen-bond donors (Lipinski definition) is 1. The zero-order valence-electron chi connectivity index (χ0n) is 82.0. The number of allylic oxidation sites excluding steroid dienone is 2. The van der Waals surface area contributed by atoms with Crippen LogP contribution in [0, 0.1) is 96.9 Å². The van der Waals surface area contributed by atoms with Crippen molar-refractivity contribution in [3.8, 4) is 28.2 Å². The minimum absolute atomic E-state index is 0.397. The third-order valence-corrected chi connectivity index (χ3v) is 26.9. The van der Waals surface area contributed by atoms with E-state index in [0.717, 1.165) is 50.8 Å². The highest BCUT2D eigenvalue weighted by Crippen LogP contribution is 2.49.